The van der Waals surface area contributed by atoms with Crippen molar-refractivity contribution in [3.63, 3.8) is 0 Å². The summed E-state index contributed by atoms with van der Waals surface area (Å²) in [5.41, 5.74) is -0.929. The molecule has 1 fully saturated rings. The number of ether oxygens (including phenoxy) is 1. The molecule has 1 aliphatic carbocycles. The third kappa shape index (κ3) is 3.18. The number of pyridine rings is 1. The van der Waals surface area contributed by atoms with E-state index >= 15 is 0 Å². The predicted molar refractivity (Wildman–Crippen MR) is 65.3 cm³/mol. The largest absolute Gasteiger partial charge is 0.477 e. The highest BCUT2D eigenvalue weighted by molar-refractivity contribution is 5.92. The summed E-state index contributed by atoms with van der Waals surface area (Å²) in [4.78, 5) is 24.6. The van der Waals surface area contributed by atoms with Crippen molar-refractivity contribution in [2.75, 3.05) is 6.61 Å². The molecular weight excluding hydrogens is 252 g/mol. The summed E-state index contributed by atoms with van der Waals surface area (Å²) in [6.07, 6.45) is 5.48. The standard InChI is InChI=1S/C12H14N2O5/c15-12(16)9-5-11(13-6-10(9)14(17)18)19-7-8-3-1-2-4-8/h5-6,8H,1-4,7H2,(H,15,16). The van der Waals surface area contributed by atoms with E-state index in [2.05, 4.69) is 4.98 Å². The van der Waals surface area contributed by atoms with Gasteiger partial charge in [-0.25, -0.2) is 9.78 Å². The zero-order chi connectivity index (χ0) is 13.8. The first-order valence-corrected chi connectivity index (χ1v) is 6.08. The summed E-state index contributed by atoms with van der Waals surface area (Å²) >= 11 is 0. The second kappa shape index (κ2) is 5.64. The van der Waals surface area contributed by atoms with Crippen molar-refractivity contribution in [1.82, 2.24) is 4.98 Å². The fourth-order valence-electron chi connectivity index (χ4n) is 2.20. The molecule has 1 heterocycles. The van der Waals surface area contributed by atoms with Gasteiger partial charge in [0.2, 0.25) is 5.88 Å². The number of hydrogen-bond acceptors (Lipinski definition) is 5. The van der Waals surface area contributed by atoms with Gasteiger partial charge in [-0.2, -0.15) is 0 Å². The Hall–Kier alpha value is -2.18. The van der Waals surface area contributed by atoms with Crippen LogP contribution in [0.3, 0.4) is 0 Å². The molecule has 102 valence electrons. The summed E-state index contributed by atoms with van der Waals surface area (Å²) in [6, 6.07) is 1.11. The van der Waals surface area contributed by atoms with Gasteiger partial charge in [-0.1, -0.05) is 12.8 Å². The van der Waals surface area contributed by atoms with E-state index in [-0.39, 0.29) is 5.88 Å². The van der Waals surface area contributed by atoms with Gasteiger partial charge in [0, 0.05) is 6.07 Å². The normalized spacial score (nSPS) is 15.4. The van der Waals surface area contributed by atoms with Crippen LogP contribution in [0.4, 0.5) is 5.69 Å². The lowest BCUT2D eigenvalue weighted by molar-refractivity contribution is -0.385. The molecule has 1 N–H and O–H groups in total. The number of rotatable bonds is 5. The Morgan fingerprint density at radius 1 is 1.53 bits per heavy atom. The van der Waals surface area contributed by atoms with E-state index in [1.54, 1.807) is 0 Å². The van der Waals surface area contributed by atoms with E-state index in [0.717, 1.165) is 25.1 Å². The van der Waals surface area contributed by atoms with E-state index < -0.39 is 22.1 Å². The number of nitro groups is 1. The van der Waals surface area contributed by atoms with E-state index in [0.29, 0.717) is 12.5 Å². The maximum absolute atomic E-state index is 11.0. The first kappa shape index (κ1) is 13.3. The first-order valence-electron chi connectivity index (χ1n) is 6.08. The number of carboxylic acids is 1. The number of aromatic nitrogens is 1. The quantitative estimate of drug-likeness (QED) is 0.647. The maximum Gasteiger partial charge on any atom is 0.342 e. The number of carboxylic acid groups (broad SMARTS) is 1. The van der Waals surface area contributed by atoms with Gasteiger partial charge in [-0.15, -0.1) is 0 Å². The summed E-state index contributed by atoms with van der Waals surface area (Å²) < 4.78 is 5.42. The monoisotopic (exact) mass is 266 g/mol. The lowest BCUT2D eigenvalue weighted by Crippen LogP contribution is -2.10. The highest BCUT2D eigenvalue weighted by Crippen LogP contribution is 2.26. The molecule has 0 bridgehead atoms. The van der Waals surface area contributed by atoms with Gasteiger partial charge in [0.1, 0.15) is 11.8 Å². The van der Waals surface area contributed by atoms with E-state index in [4.69, 9.17) is 9.84 Å². The lowest BCUT2D eigenvalue weighted by Gasteiger charge is -2.10. The van der Waals surface area contributed by atoms with Crippen LogP contribution in [0.1, 0.15) is 36.0 Å². The molecule has 7 heteroatoms. The molecule has 1 aromatic heterocycles. The molecule has 19 heavy (non-hydrogen) atoms. The molecule has 0 saturated heterocycles. The van der Waals surface area contributed by atoms with Crippen LogP contribution in [-0.4, -0.2) is 27.6 Å². The van der Waals surface area contributed by atoms with Crippen molar-refractivity contribution >= 4 is 11.7 Å². The number of carbonyl (C=O) groups is 1. The van der Waals surface area contributed by atoms with Crippen LogP contribution in [0, 0.1) is 16.0 Å². The highest BCUT2D eigenvalue weighted by atomic mass is 16.6. The summed E-state index contributed by atoms with van der Waals surface area (Å²) in [7, 11) is 0. The van der Waals surface area contributed by atoms with Crippen LogP contribution in [0.5, 0.6) is 5.88 Å². The van der Waals surface area contributed by atoms with Gasteiger partial charge in [0.15, 0.2) is 0 Å². The van der Waals surface area contributed by atoms with E-state index in [9.17, 15) is 14.9 Å². The van der Waals surface area contributed by atoms with Crippen LogP contribution in [-0.2, 0) is 0 Å². The molecule has 1 aliphatic rings. The van der Waals surface area contributed by atoms with Gasteiger partial charge >= 0.3 is 11.7 Å². The van der Waals surface area contributed by atoms with Crippen molar-refractivity contribution in [3.8, 4) is 5.88 Å². The first-order chi connectivity index (χ1) is 9.08. The van der Waals surface area contributed by atoms with Crippen molar-refractivity contribution in [1.29, 1.82) is 0 Å². The fraction of sp³-hybridized carbons (Fsp3) is 0.500. The summed E-state index contributed by atoms with van der Waals surface area (Å²) in [5, 5.41) is 19.6. The molecule has 0 aromatic carbocycles. The molecule has 1 aromatic rings. The van der Waals surface area contributed by atoms with E-state index in [1.807, 2.05) is 0 Å². The Morgan fingerprint density at radius 2 is 2.21 bits per heavy atom. The zero-order valence-electron chi connectivity index (χ0n) is 10.2. The van der Waals surface area contributed by atoms with Crippen molar-refractivity contribution in [2.24, 2.45) is 5.92 Å². The van der Waals surface area contributed by atoms with Crippen molar-refractivity contribution in [2.45, 2.75) is 25.7 Å². The van der Waals surface area contributed by atoms with Crippen LogP contribution in [0.15, 0.2) is 12.3 Å². The minimum absolute atomic E-state index is 0.120. The van der Waals surface area contributed by atoms with Crippen molar-refractivity contribution < 1.29 is 19.6 Å². The SMILES string of the molecule is O=C(O)c1cc(OCC2CCCC2)ncc1[N+](=O)[O-]. The molecule has 2 rings (SSSR count). The average Bonchev–Trinajstić information content (AvgIpc) is 2.88. The molecule has 0 unspecified atom stereocenters. The predicted octanol–water partition coefficient (Wildman–Crippen LogP) is 2.26. The van der Waals surface area contributed by atoms with Crippen LogP contribution in [0.2, 0.25) is 0 Å². The van der Waals surface area contributed by atoms with E-state index in [1.165, 1.54) is 12.8 Å². The van der Waals surface area contributed by atoms with Gasteiger partial charge in [0.05, 0.1) is 11.5 Å². The molecule has 0 amide bonds. The molecule has 0 spiro atoms. The number of aromatic carboxylic acids is 1. The summed E-state index contributed by atoms with van der Waals surface area (Å²) in [6.45, 7) is 0.476. The molecule has 0 atom stereocenters. The Morgan fingerprint density at radius 3 is 2.79 bits per heavy atom. The summed E-state index contributed by atoms with van der Waals surface area (Å²) in [5.74, 6) is -0.778. The van der Waals surface area contributed by atoms with Gasteiger partial charge < -0.3 is 9.84 Å². The highest BCUT2D eigenvalue weighted by Gasteiger charge is 2.22. The second-order valence-electron chi connectivity index (χ2n) is 4.56. The fourth-order valence-corrected chi connectivity index (χ4v) is 2.20. The number of hydrogen-bond donors (Lipinski definition) is 1. The molecular formula is C12H14N2O5. The Balaban J connectivity index is 2.11. The molecule has 0 aliphatic heterocycles. The van der Waals surface area contributed by atoms with Crippen LogP contribution in [0.25, 0.3) is 0 Å². The van der Waals surface area contributed by atoms with Gasteiger partial charge in [-0.05, 0) is 18.8 Å². The maximum atomic E-state index is 11.0. The third-order valence-corrected chi connectivity index (χ3v) is 3.23. The molecule has 7 nitrogen and oxygen atoms in total. The van der Waals surface area contributed by atoms with Crippen LogP contribution < -0.4 is 4.74 Å². The van der Waals surface area contributed by atoms with Gasteiger partial charge in [0.25, 0.3) is 0 Å². The zero-order valence-corrected chi connectivity index (χ0v) is 10.2. The average molecular weight is 266 g/mol. The minimum atomic E-state index is -1.36. The molecule has 0 radical (unpaired) electrons. The Bertz CT molecular complexity index is 497. The minimum Gasteiger partial charge on any atom is -0.477 e. The Labute approximate surface area is 109 Å². The van der Waals surface area contributed by atoms with Crippen LogP contribution >= 0.6 is 0 Å². The Kier molecular flexibility index (Phi) is 3.94. The third-order valence-electron chi connectivity index (χ3n) is 3.23. The van der Waals surface area contributed by atoms with Gasteiger partial charge in [-0.3, -0.25) is 10.1 Å². The smallest absolute Gasteiger partial charge is 0.342 e. The number of nitrogens with zero attached hydrogens (tertiary/aromatic N) is 2. The molecule has 1 saturated carbocycles. The topological polar surface area (TPSA) is 103 Å². The van der Waals surface area contributed by atoms with Crippen molar-refractivity contribution in [3.05, 3.63) is 27.9 Å². The lowest BCUT2D eigenvalue weighted by atomic mass is 10.1. The second-order valence-corrected chi connectivity index (χ2v) is 4.56.